The van der Waals surface area contributed by atoms with E-state index in [-0.39, 0.29) is 36.2 Å². The average molecular weight is 296 g/mol. The fraction of sp³-hybridized carbons (Fsp3) is 0.800. The molecule has 0 aromatic rings. The van der Waals surface area contributed by atoms with Crippen LogP contribution < -0.4 is 0 Å². The van der Waals surface area contributed by atoms with Crippen molar-refractivity contribution in [2.75, 3.05) is 19.6 Å². The van der Waals surface area contributed by atoms with Crippen molar-refractivity contribution in [3.63, 3.8) is 0 Å². The minimum Gasteiger partial charge on any atom is -0.481 e. The van der Waals surface area contributed by atoms with Gasteiger partial charge in [-0.1, -0.05) is 0 Å². The number of piperidine rings is 1. The van der Waals surface area contributed by atoms with Crippen LogP contribution in [0.15, 0.2) is 0 Å². The lowest BCUT2D eigenvalue weighted by molar-refractivity contribution is -0.146. The van der Waals surface area contributed by atoms with Gasteiger partial charge in [-0.05, 0) is 33.6 Å². The fourth-order valence-corrected chi connectivity index (χ4v) is 3.16. The van der Waals surface area contributed by atoms with E-state index in [4.69, 9.17) is 5.11 Å². The maximum absolute atomic E-state index is 12.5. The van der Waals surface area contributed by atoms with Gasteiger partial charge in [0.1, 0.15) is 0 Å². The summed E-state index contributed by atoms with van der Waals surface area (Å²) in [5, 5.41) is 9.09. The van der Waals surface area contributed by atoms with Crippen molar-refractivity contribution in [1.29, 1.82) is 0 Å². The molecule has 0 unspecified atom stereocenters. The summed E-state index contributed by atoms with van der Waals surface area (Å²) in [4.78, 5) is 39.0. The number of rotatable bonds is 2. The Labute approximate surface area is 125 Å². The summed E-state index contributed by atoms with van der Waals surface area (Å²) in [6.45, 7) is 7.18. The third-order valence-electron chi connectivity index (χ3n) is 4.37. The van der Waals surface area contributed by atoms with Gasteiger partial charge in [0.2, 0.25) is 11.8 Å². The highest BCUT2D eigenvalue weighted by molar-refractivity contribution is 5.90. The van der Waals surface area contributed by atoms with Crippen molar-refractivity contribution < 1.29 is 19.5 Å². The molecule has 2 fully saturated rings. The van der Waals surface area contributed by atoms with Gasteiger partial charge in [0.05, 0.1) is 11.8 Å². The number of carboxylic acid groups (broad SMARTS) is 1. The van der Waals surface area contributed by atoms with Crippen molar-refractivity contribution in [3.8, 4) is 0 Å². The number of likely N-dealkylation sites (tertiary alicyclic amines) is 2. The highest BCUT2D eigenvalue weighted by Gasteiger charge is 2.41. The summed E-state index contributed by atoms with van der Waals surface area (Å²) in [5.74, 6) is -1.71. The highest BCUT2D eigenvalue weighted by atomic mass is 16.4. The van der Waals surface area contributed by atoms with Crippen LogP contribution in [0.25, 0.3) is 0 Å². The van der Waals surface area contributed by atoms with Crippen molar-refractivity contribution in [2.45, 2.75) is 45.6 Å². The van der Waals surface area contributed by atoms with Crippen LogP contribution in [0.3, 0.4) is 0 Å². The first-order chi connectivity index (χ1) is 9.70. The molecule has 6 heteroatoms. The van der Waals surface area contributed by atoms with Gasteiger partial charge in [0.25, 0.3) is 0 Å². The number of carbonyl (C=O) groups excluding carboxylic acids is 2. The van der Waals surface area contributed by atoms with Gasteiger partial charge in [0, 0.05) is 31.6 Å². The first-order valence-electron chi connectivity index (χ1n) is 7.52. The van der Waals surface area contributed by atoms with Crippen LogP contribution in [0.5, 0.6) is 0 Å². The van der Waals surface area contributed by atoms with E-state index in [1.807, 2.05) is 20.8 Å². The van der Waals surface area contributed by atoms with Gasteiger partial charge in [-0.2, -0.15) is 0 Å². The predicted molar refractivity (Wildman–Crippen MR) is 76.5 cm³/mol. The number of carbonyl (C=O) groups is 3. The maximum Gasteiger partial charge on any atom is 0.308 e. The standard InChI is InChI=1S/C15H24N2O4/c1-15(2,3)17-9-11(7-12(17)18)13(19)16-6-4-5-10(8-16)14(20)21/h10-11H,4-9H2,1-3H3,(H,20,21)/t10-,11-/m1/s1. The molecule has 118 valence electrons. The van der Waals surface area contributed by atoms with Crippen molar-refractivity contribution in [1.82, 2.24) is 9.80 Å². The SMILES string of the molecule is CC(C)(C)N1C[C@H](C(=O)N2CCC[C@@H](C(=O)O)C2)CC1=O. The summed E-state index contributed by atoms with van der Waals surface area (Å²) in [6, 6.07) is 0. The number of aliphatic carboxylic acids is 1. The molecule has 0 aromatic heterocycles. The smallest absolute Gasteiger partial charge is 0.308 e. The molecule has 6 nitrogen and oxygen atoms in total. The molecule has 2 atom stereocenters. The molecule has 0 saturated carbocycles. The zero-order valence-corrected chi connectivity index (χ0v) is 13.0. The summed E-state index contributed by atoms with van der Waals surface area (Å²) in [6.07, 6.45) is 1.58. The van der Waals surface area contributed by atoms with Crippen LogP contribution in [0, 0.1) is 11.8 Å². The Bertz CT molecular complexity index is 455. The predicted octanol–water partition coefficient (Wildman–Crippen LogP) is 0.957. The Kier molecular flexibility index (Phi) is 4.25. The van der Waals surface area contributed by atoms with Crippen molar-refractivity contribution in [2.24, 2.45) is 11.8 Å². The Morgan fingerprint density at radius 3 is 2.38 bits per heavy atom. The minimum absolute atomic E-state index is 0.00708. The number of amides is 2. The molecule has 2 heterocycles. The average Bonchev–Trinajstić information content (AvgIpc) is 2.80. The largest absolute Gasteiger partial charge is 0.481 e. The van der Waals surface area contributed by atoms with E-state index in [1.54, 1.807) is 9.80 Å². The van der Waals surface area contributed by atoms with E-state index >= 15 is 0 Å². The van der Waals surface area contributed by atoms with E-state index < -0.39 is 11.9 Å². The second kappa shape index (κ2) is 5.66. The topological polar surface area (TPSA) is 77.9 Å². The molecule has 2 amide bonds. The molecule has 1 N–H and O–H groups in total. The van der Waals surface area contributed by atoms with Gasteiger partial charge < -0.3 is 14.9 Å². The number of nitrogens with zero attached hydrogens (tertiary/aromatic N) is 2. The number of hydrogen-bond acceptors (Lipinski definition) is 3. The molecule has 2 saturated heterocycles. The summed E-state index contributed by atoms with van der Waals surface area (Å²) in [7, 11) is 0. The molecule has 0 spiro atoms. The third kappa shape index (κ3) is 3.36. The Balaban J connectivity index is 2.01. The molecule has 0 radical (unpaired) electrons. The normalized spacial score (nSPS) is 27.1. The van der Waals surface area contributed by atoms with Gasteiger partial charge >= 0.3 is 5.97 Å². The zero-order chi connectivity index (χ0) is 15.8. The zero-order valence-electron chi connectivity index (χ0n) is 13.0. The summed E-state index contributed by atoms with van der Waals surface area (Å²) < 4.78 is 0. The molecule has 2 aliphatic rings. The Morgan fingerprint density at radius 1 is 1.19 bits per heavy atom. The van der Waals surface area contributed by atoms with Crippen LogP contribution in [0.1, 0.15) is 40.0 Å². The van der Waals surface area contributed by atoms with E-state index in [9.17, 15) is 14.4 Å². The quantitative estimate of drug-likeness (QED) is 0.823. The van der Waals surface area contributed by atoms with Gasteiger partial charge in [-0.3, -0.25) is 14.4 Å². The van der Waals surface area contributed by atoms with E-state index in [0.717, 1.165) is 0 Å². The molecule has 0 aliphatic carbocycles. The third-order valence-corrected chi connectivity index (χ3v) is 4.37. The first kappa shape index (κ1) is 15.8. The van der Waals surface area contributed by atoms with Crippen LogP contribution in [-0.2, 0) is 14.4 Å². The van der Waals surface area contributed by atoms with Crippen LogP contribution in [-0.4, -0.2) is 57.9 Å². The second-order valence-electron chi connectivity index (χ2n) is 7.04. The van der Waals surface area contributed by atoms with Gasteiger partial charge in [-0.15, -0.1) is 0 Å². The van der Waals surface area contributed by atoms with Gasteiger partial charge in [-0.25, -0.2) is 0 Å². The molecule has 2 aliphatic heterocycles. The van der Waals surface area contributed by atoms with Crippen LogP contribution in [0.2, 0.25) is 0 Å². The first-order valence-corrected chi connectivity index (χ1v) is 7.52. The van der Waals surface area contributed by atoms with Crippen LogP contribution >= 0.6 is 0 Å². The molecule has 21 heavy (non-hydrogen) atoms. The van der Waals surface area contributed by atoms with Crippen molar-refractivity contribution in [3.05, 3.63) is 0 Å². The Hall–Kier alpha value is -1.59. The second-order valence-corrected chi connectivity index (χ2v) is 7.04. The lowest BCUT2D eigenvalue weighted by atomic mass is 9.96. The fourth-order valence-electron chi connectivity index (χ4n) is 3.16. The monoisotopic (exact) mass is 296 g/mol. The maximum atomic E-state index is 12.5. The molecule has 0 aromatic carbocycles. The van der Waals surface area contributed by atoms with Crippen molar-refractivity contribution >= 4 is 17.8 Å². The van der Waals surface area contributed by atoms with Crippen LogP contribution in [0.4, 0.5) is 0 Å². The molecule has 2 rings (SSSR count). The lowest BCUT2D eigenvalue weighted by Gasteiger charge is -2.34. The van der Waals surface area contributed by atoms with E-state index in [0.29, 0.717) is 25.9 Å². The van der Waals surface area contributed by atoms with E-state index in [2.05, 4.69) is 0 Å². The molecule has 0 bridgehead atoms. The summed E-state index contributed by atoms with van der Waals surface area (Å²) >= 11 is 0. The lowest BCUT2D eigenvalue weighted by Crippen LogP contribution is -2.46. The number of hydrogen-bond donors (Lipinski definition) is 1. The van der Waals surface area contributed by atoms with Gasteiger partial charge in [0.15, 0.2) is 0 Å². The summed E-state index contributed by atoms with van der Waals surface area (Å²) in [5.41, 5.74) is -0.280. The number of carboxylic acids is 1. The molecular formula is C15H24N2O4. The molecular weight excluding hydrogens is 272 g/mol. The van der Waals surface area contributed by atoms with E-state index in [1.165, 1.54) is 0 Å². The minimum atomic E-state index is -0.841. The Morgan fingerprint density at radius 2 is 1.86 bits per heavy atom. The highest BCUT2D eigenvalue weighted by Crippen LogP contribution is 2.28.